The number of nitrogens with one attached hydrogen (secondary N) is 2. The number of guanidine groups is 1. The molecule has 158 valence electrons. The Balaban J connectivity index is 0.00000300. The number of rotatable bonds is 7. The molecule has 1 fully saturated rings. The van der Waals surface area contributed by atoms with Crippen LogP contribution in [0.4, 0.5) is 5.69 Å². The van der Waals surface area contributed by atoms with E-state index in [-0.39, 0.29) is 29.5 Å². The predicted molar refractivity (Wildman–Crippen MR) is 132 cm³/mol. The summed E-state index contributed by atoms with van der Waals surface area (Å²) < 4.78 is 1.75. The minimum atomic E-state index is 0. The van der Waals surface area contributed by atoms with E-state index in [0.717, 1.165) is 62.1 Å². The first-order chi connectivity index (χ1) is 13.7. The Labute approximate surface area is 194 Å². The molecule has 0 saturated carbocycles. The fourth-order valence-corrected chi connectivity index (χ4v) is 3.62. The lowest BCUT2D eigenvalue weighted by Crippen LogP contribution is -2.44. The molecule has 1 unspecified atom stereocenters. The second kappa shape index (κ2) is 12.1. The van der Waals surface area contributed by atoms with Crippen LogP contribution in [-0.2, 0) is 6.54 Å². The number of benzene rings is 1. The molecule has 1 aromatic carbocycles. The van der Waals surface area contributed by atoms with Gasteiger partial charge in [0.2, 0.25) is 5.56 Å². The quantitative estimate of drug-likeness (QED) is 0.250. The molecule has 1 aromatic heterocycles. The molecule has 2 heterocycles. The molecule has 0 amide bonds. The minimum absolute atomic E-state index is 0. The van der Waals surface area contributed by atoms with E-state index in [4.69, 9.17) is 11.6 Å². The summed E-state index contributed by atoms with van der Waals surface area (Å²) in [7, 11) is 1.79. The highest BCUT2D eigenvalue weighted by Gasteiger charge is 2.23. The molecule has 0 aliphatic carbocycles. The van der Waals surface area contributed by atoms with E-state index in [1.165, 1.54) is 0 Å². The van der Waals surface area contributed by atoms with Gasteiger partial charge in [0.25, 0.3) is 0 Å². The van der Waals surface area contributed by atoms with E-state index in [1.54, 1.807) is 23.7 Å². The van der Waals surface area contributed by atoms with Crippen LogP contribution in [0, 0.1) is 0 Å². The van der Waals surface area contributed by atoms with Gasteiger partial charge < -0.3 is 20.1 Å². The number of anilines is 1. The Bertz CT molecular complexity index is 857. The number of hydrogen-bond donors (Lipinski definition) is 2. The maximum absolute atomic E-state index is 11.7. The first-order valence-corrected chi connectivity index (χ1v) is 10.2. The Morgan fingerprint density at radius 1 is 1.24 bits per heavy atom. The van der Waals surface area contributed by atoms with Crippen LogP contribution in [0.1, 0.15) is 19.3 Å². The molecule has 29 heavy (non-hydrogen) atoms. The van der Waals surface area contributed by atoms with Crippen LogP contribution in [0.3, 0.4) is 0 Å². The maximum atomic E-state index is 11.7. The number of hydrogen-bond acceptors (Lipinski definition) is 3. The summed E-state index contributed by atoms with van der Waals surface area (Å²) in [5.41, 5.74) is 1.22. The maximum Gasteiger partial charge on any atom is 0.250 e. The normalized spacial score (nSPS) is 16.4. The van der Waals surface area contributed by atoms with E-state index < -0.39 is 0 Å². The van der Waals surface area contributed by atoms with Crippen molar-refractivity contribution in [2.24, 2.45) is 4.99 Å². The summed E-state index contributed by atoms with van der Waals surface area (Å²) in [6.07, 6.45) is 4.81. The largest absolute Gasteiger partial charge is 0.369 e. The zero-order chi connectivity index (χ0) is 19.8. The lowest BCUT2D eigenvalue weighted by Gasteiger charge is -2.20. The van der Waals surface area contributed by atoms with Crippen molar-refractivity contribution in [1.29, 1.82) is 0 Å². The van der Waals surface area contributed by atoms with Gasteiger partial charge in [0.1, 0.15) is 0 Å². The molecule has 1 saturated heterocycles. The van der Waals surface area contributed by atoms with Crippen molar-refractivity contribution in [2.45, 2.75) is 31.8 Å². The zero-order valence-corrected chi connectivity index (χ0v) is 19.8. The smallest absolute Gasteiger partial charge is 0.250 e. The zero-order valence-electron chi connectivity index (χ0n) is 16.7. The van der Waals surface area contributed by atoms with Gasteiger partial charge in [-0.3, -0.25) is 9.79 Å². The van der Waals surface area contributed by atoms with Gasteiger partial charge in [-0.2, -0.15) is 0 Å². The lowest BCUT2D eigenvalue weighted by atomic mass is 10.2. The predicted octanol–water partition coefficient (Wildman–Crippen LogP) is 3.34. The van der Waals surface area contributed by atoms with Gasteiger partial charge >= 0.3 is 0 Å². The summed E-state index contributed by atoms with van der Waals surface area (Å²) in [4.78, 5) is 18.4. The van der Waals surface area contributed by atoms with Crippen LogP contribution in [0.15, 0.2) is 58.4 Å². The van der Waals surface area contributed by atoms with Crippen LogP contribution in [-0.4, -0.2) is 43.3 Å². The summed E-state index contributed by atoms with van der Waals surface area (Å²) in [5.74, 6) is 0.829. The minimum Gasteiger partial charge on any atom is -0.369 e. The monoisotopic (exact) mass is 529 g/mol. The number of nitrogens with zero attached hydrogens (tertiary/aromatic N) is 3. The Morgan fingerprint density at radius 2 is 2.10 bits per heavy atom. The molecule has 3 rings (SSSR count). The summed E-state index contributed by atoms with van der Waals surface area (Å²) in [6, 6.07) is 13.6. The van der Waals surface area contributed by atoms with Crippen LogP contribution in [0.25, 0.3) is 0 Å². The van der Waals surface area contributed by atoms with Crippen molar-refractivity contribution in [3.05, 3.63) is 64.0 Å². The average molecular weight is 530 g/mol. The van der Waals surface area contributed by atoms with E-state index in [0.29, 0.717) is 6.04 Å². The summed E-state index contributed by atoms with van der Waals surface area (Å²) in [6.45, 7) is 3.50. The third-order valence-corrected chi connectivity index (χ3v) is 5.18. The van der Waals surface area contributed by atoms with Crippen molar-refractivity contribution < 1.29 is 0 Å². The molecule has 0 bridgehead atoms. The fraction of sp³-hybridized carbons (Fsp3) is 0.429. The molecule has 8 heteroatoms. The molecule has 1 atom stereocenters. The number of pyridine rings is 1. The molecule has 6 nitrogen and oxygen atoms in total. The Hall–Kier alpha value is -1.74. The molecule has 1 aliphatic rings. The van der Waals surface area contributed by atoms with Gasteiger partial charge in [0.05, 0.1) is 0 Å². The average Bonchev–Trinajstić information content (AvgIpc) is 3.17. The summed E-state index contributed by atoms with van der Waals surface area (Å²) in [5, 5.41) is 7.65. The van der Waals surface area contributed by atoms with E-state index in [2.05, 4.69) is 26.6 Å². The highest BCUT2D eigenvalue weighted by Crippen LogP contribution is 2.23. The molecular weight excluding hydrogens is 501 g/mol. The highest BCUT2D eigenvalue weighted by molar-refractivity contribution is 14.0. The number of aromatic nitrogens is 1. The van der Waals surface area contributed by atoms with Crippen molar-refractivity contribution in [1.82, 2.24) is 15.2 Å². The van der Waals surface area contributed by atoms with Gasteiger partial charge in [-0.1, -0.05) is 23.7 Å². The van der Waals surface area contributed by atoms with Crippen LogP contribution in [0.5, 0.6) is 0 Å². The highest BCUT2D eigenvalue weighted by atomic mass is 127. The van der Waals surface area contributed by atoms with E-state index in [9.17, 15) is 4.79 Å². The molecular formula is C21H29ClIN5O. The SMILES string of the molecule is CN=C(NCCCCn1ccccc1=O)NC1CCN(c2cccc(Cl)c2)C1.I. The molecule has 0 spiro atoms. The lowest BCUT2D eigenvalue weighted by molar-refractivity contribution is 0.580. The first-order valence-electron chi connectivity index (χ1n) is 9.79. The Morgan fingerprint density at radius 3 is 2.86 bits per heavy atom. The Kier molecular flexibility index (Phi) is 9.80. The molecule has 1 aliphatic heterocycles. The van der Waals surface area contributed by atoms with Gasteiger partial charge in [-0.25, -0.2) is 0 Å². The van der Waals surface area contributed by atoms with Gasteiger partial charge in [0.15, 0.2) is 5.96 Å². The summed E-state index contributed by atoms with van der Waals surface area (Å²) >= 11 is 6.11. The van der Waals surface area contributed by atoms with E-state index >= 15 is 0 Å². The fourth-order valence-electron chi connectivity index (χ4n) is 3.43. The third-order valence-electron chi connectivity index (χ3n) is 4.94. The first kappa shape index (κ1) is 23.5. The number of aliphatic imine (C=N–C) groups is 1. The van der Waals surface area contributed by atoms with Gasteiger partial charge in [-0.05, 0) is 43.5 Å². The van der Waals surface area contributed by atoms with Crippen molar-refractivity contribution in [2.75, 3.05) is 31.6 Å². The second-order valence-corrected chi connectivity index (χ2v) is 7.43. The van der Waals surface area contributed by atoms with Gasteiger partial charge in [-0.15, -0.1) is 24.0 Å². The topological polar surface area (TPSA) is 61.7 Å². The standard InChI is InChI=1S/C21H28ClN5O.HI/c1-23-21(24-11-3-5-13-26-12-4-2-9-20(26)28)25-18-10-14-27(16-18)19-8-6-7-17(22)15-19;/h2,4,6-9,12,15,18H,3,5,10-11,13-14,16H2,1H3,(H2,23,24,25);1H. The van der Waals surface area contributed by atoms with Crippen molar-refractivity contribution in [3.8, 4) is 0 Å². The number of aryl methyl sites for hydroxylation is 1. The van der Waals surface area contributed by atoms with Crippen LogP contribution < -0.4 is 21.1 Å². The third kappa shape index (κ3) is 7.22. The van der Waals surface area contributed by atoms with Crippen molar-refractivity contribution >= 4 is 47.2 Å². The number of halogens is 2. The van der Waals surface area contributed by atoms with Crippen LogP contribution >= 0.6 is 35.6 Å². The second-order valence-electron chi connectivity index (χ2n) is 6.99. The molecule has 2 aromatic rings. The van der Waals surface area contributed by atoms with Crippen LogP contribution in [0.2, 0.25) is 5.02 Å². The molecule has 0 radical (unpaired) electrons. The van der Waals surface area contributed by atoms with Crippen molar-refractivity contribution in [3.63, 3.8) is 0 Å². The number of unbranched alkanes of at least 4 members (excludes halogenated alkanes) is 1. The molecule has 2 N–H and O–H groups in total. The van der Waals surface area contributed by atoms with Gasteiger partial charge in [0, 0.05) is 62.2 Å². The van der Waals surface area contributed by atoms with E-state index in [1.807, 2.05) is 30.5 Å².